The van der Waals surface area contributed by atoms with E-state index in [4.69, 9.17) is 4.74 Å². The van der Waals surface area contributed by atoms with Gasteiger partial charge < -0.3 is 10.1 Å². The van der Waals surface area contributed by atoms with Gasteiger partial charge in [-0.05, 0) is 37.3 Å². The van der Waals surface area contributed by atoms with Crippen LogP contribution in [-0.4, -0.2) is 23.0 Å². The molecule has 1 aromatic heterocycles. The highest BCUT2D eigenvalue weighted by Gasteiger charge is 2.13. The van der Waals surface area contributed by atoms with Crippen molar-refractivity contribution in [2.75, 3.05) is 7.11 Å². The van der Waals surface area contributed by atoms with E-state index >= 15 is 0 Å². The summed E-state index contributed by atoms with van der Waals surface area (Å²) in [6.07, 6.45) is 1.48. The van der Waals surface area contributed by atoms with Gasteiger partial charge >= 0.3 is 0 Å². The number of nitrogens with zero attached hydrogens (tertiary/aromatic N) is 2. The molecule has 1 amide bonds. The van der Waals surface area contributed by atoms with Crippen molar-refractivity contribution < 1.29 is 13.9 Å². The quantitative estimate of drug-likeness (QED) is 0.764. The predicted molar refractivity (Wildman–Crippen MR) is 96.3 cm³/mol. The van der Waals surface area contributed by atoms with Crippen LogP contribution in [0.25, 0.3) is 11.4 Å². The monoisotopic (exact) mass is 351 g/mol. The Morgan fingerprint density at radius 3 is 2.58 bits per heavy atom. The third-order valence-corrected chi connectivity index (χ3v) is 3.96. The van der Waals surface area contributed by atoms with Gasteiger partial charge in [0.15, 0.2) is 5.82 Å². The Bertz CT molecular complexity index is 927. The van der Waals surface area contributed by atoms with E-state index in [2.05, 4.69) is 15.3 Å². The largest absolute Gasteiger partial charge is 0.496 e. The second kappa shape index (κ2) is 7.74. The van der Waals surface area contributed by atoms with E-state index in [-0.39, 0.29) is 11.7 Å². The summed E-state index contributed by atoms with van der Waals surface area (Å²) >= 11 is 0. The molecule has 0 aliphatic heterocycles. The van der Waals surface area contributed by atoms with Crippen LogP contribution in [-0.2, 0) is 6.54 Å². The summed E-state index contributed by atoms with van der Waals surface area (Å²) in [4.78, 5) is 21.0. The van der Waals surface area contributed by atoms with Crippen molar-refractivity contribution in [3.63, 3.8) is 0 Å². The minimum Gasteiger partial charge on any atom is -0.496 e. The number of ether oxygens (including phenoxy) is 1. The van der Waals surface area contributed by atoms with Crippen molar-refractivity contribution in [1.82, 2.24) is 15.3 Å². The Kier molecular flexibility index (Phi) is 5.22. The molecule has 3 aromatic rings. The van der Waals surface area contributed by atoms with Gasteiger partial charge in [0.1, 0.15) is 11.6 Å². The molecule has 1 heterocycles. The molecular weight excluding hydrogens is 333 g/mol. The number of aromatic nitrogens is 2. The summed E-state index contributed by atoms with van der Waals surface area (Å²) < 4.78 is 18.3. The van der Waals surface area contributed by atoms with E-state index in [1.807, 2.05) is 24.3 Å². The maximum atomic E-state index is 13.0. The lowest BCUT2D eigenvalue weighted by Crippen LogP contribution is -2.24. The van der Waals surface area contributed by atoms with E-state index in [1.165, 1.54) is 18.3 Å². The van der Waals surface area contributed by atoms with E-state index in [0.29, 0.717) is 34.9 Å². The number of hydrogen-bond acceptors (Lipinski definition) is 4. The standard InChI is InChI=1S/C20H18FN3O2/c1-13-17(12-22-19(24-13)14-7-9-16(21)10-8-14)20(25)23-11-15-5-3-4-6-18(15)26-2/h3-10,12H,11H2,1-2H3,(H,23,25). The van der Waals surface area contributed by atoms with Crippen molar-refractivity contribution in [3.8, 4) is 17.1 Å². The Labute approximate surface area is 150 Å². The molecule has 0 bridgehead atoms. The van der Waals surface area contributed by atoms with Crippen LogP contribution in [0.4, 0.5) is 4.39 Å². The van der Waals surface area contributed by atoms with Crippen molar-refractivity contribution >= 4 is 5.91 Å². The Hall–Kier alpha value is -3.28. The van der Waals surface area contributed by atoms with Gasteiger partial charge in [0.2, 0.25) is 0 Å². The Balaban J connectivity index is 1.74. The van der Waals surface area contributed by atoms with Gasteiger partial charge in [0.25, 0.3) is 5.91 Å². The number of carbonyl (C=O) groups is 1. The van der Waals surface area contributed by atoms with E-state index in [9.17, 15) is 9.18 Å². The van der Waals surface area contributed by atoms with Gasteiger partial charge in [-0.2, -0.15) is 0 Å². The fourth-order valence-electron chi connectivity index (χ4n) is 2.55. The predicted octanol–water partition coefficient (Wildman–Crippen LogP) is 3.53. The summed E-state index contributed by atoms with van der Waals surface area (Å²) in [7, 11) is 1.59. The van der Waals surface area contributed by atoms with E-state index < -0.39 is 0 Å². The van der Waals surface area contributed by atoms with Crippen LogP contribution in [0.1, 0.15) is 21.6 Å². The number of halogens is 1. The summed E-state index contributed by atoms with van der Waals surface area (Å²) in [6.45, 7) is 2.08. The van der Waals surface area contributed by atoms with Gasteiger partial charge in [-0.25, -0.2) is 14.4 Å². The van der Waals surface area contributed by atoms with Gasteiger partial charge in [-0.1, -0.05) is 18.2 Å². The third-order valence-electron chi connectivity index (χ3n) is 3.96. The number of amides is 1. The highest BCUT2D eigenvalue weighted by atomic mass is 19.1. The molecule has 5 nitrogen and oxygen atoms in total. The lowest BCUT2D eigenvalue weighted by molar-refractivity contribution is 0.0949. The SMILES string of the molecule is COc1ccccc1CNC(=O)c1cnc(-c2ccc(F)cc2)nc1C. The summed E-state index contributed by atoms with van der Waals surface area (Å²) in [5, 5.41) is 2.85. The zero-order chi connectivity index (χ0) is 18.5. The van der Waals surface area contributed by atoms with Crippen molar-refractivity contribution in [1.29, 1.82) is 0 Å². The normalized spacial score (nSPS) is 10.4. The number of carbonyl (C=O) groups excluding carboxylic acids is 1. The topological polar surface area (TPSA) is 64.1 Å². The first-order valence-corrected chi connectivity index (χ1v) is 8.08. The highest BCUT2D eigenvalue weighted by molar-refractivity contribution is 5.95. The molecule has 6 heteroatoms. The number of nitrogens with one attached hydrogen (secondary N) is 1. The molecule has 0 aliphatic rings. The average molecular weight is 351 g/mol. The molecule has 0 saturated carbocycles. The number of benzene rings is 2. The zero-order valence-corrected chi connectivity index (χ0v) is 14.5. The van der Waals surface area contributed by atoms with Crippen molar-refractivity contribution in [2.45, 2.75) is 13.5 Å². The zero-order valence-electron chi connectivity index (χ0n) is 14.5. The molecular formula is C20H18FN3O2. The maximum absolute atomic E-state index is 13.0. The second-order valence-corrected chi connectivity index (χ2v) is 5.69. The fraction of sp³-hybridized carbons (Fsp3) is 0.150. The molecule has 0 radical (unpaired) electrons. The Morgan fingerprint density at radius 2 is 1.88 bits per heavy atom. The van der Waals surface area contributed by atoms with Gasteiger partial charge in [-0.3, -0.25) is 4.79 Å². The second-order valence-electron chi connectivity index (χ2n) is 5.69. The van der Waals surface area contributed by atoms with Crippen LogP contribution in [0, 0.1) is 12.7 Å². The number of hydrogen-bond donors (Lipinski definition) is 1. The lowest BCUT2D eigenvalue weighted by atomic mass is 10.1. The van der Waals surface area contributed by atoms with Gasteiger partial charge in [-0.15, -0.1) is 0 Å². The van der Waals surface area contributed by atoms with Crippen LogP contribution >= 0.6 is 0 Å². The van der Waals surface area contributed by atoms with Crippen molar-refractivity contribution in [2.24, 2.45) is 0 Å². The average Bonchev–Trinajstić information content (AvgIpc) is 2.66. The summed E-state index contributed by atoms with van der Waals surface area (Å²) in [6, 6.07) is 13.4. The molecule has 0 unspecified atom stereocenters. The first kappa shape index (κ1) is 17.5. The Morgan fingerprint density at radius 1 is 1.15 bits per heavy atom. The maximum Gasteiger partial charge on any atom is 0.254 e. The molecule has 3 rings (SSSR count). The van der Waals surface area contributed by atoms with Crippen LogP contribution < -0.4 is 10.1 Å². The highest BCUT2D eigenvalue weighted by Crippen LogP contribution is 2.18. The smallest absolute Gasteiger partial charge is 0.254 e. The number of rotatable bonds is 5. The van der Waals surface area contributed by atoms with Crippen molar-refractivity contribution in [3.05, 3.63) is 77.4 Å². The minimum absolute atomic E-state index is 0.265. The van der Waals surface area contributed by atoms with Crippen LogP contribution in [0.15, 0.2) is 54.7 Å². The summed E-state index contributed by atoms with van der Waals surface area (Å²) in [5.41, 5.74) is 2.52. The van der Waals surface area contributed by atoms with Gasteiger partial charge in [0, 0.05) is 23.9 Å². The molecule has 0 aliphatic carbocycles. The molecule has 132 valence electrons. The molecule has 0 atom stereocenters. The first-order valence-electron chi connectivity index (χ1n) is 8.08. The number of para-hydroxylation sites is 1. The molecule has 0 saturated heterocycles. The van der Waals surface area contributed by atoms with Crippen LogP contribution in [0.5, 0.6) is 5.75 Å². The van der Waals surface area contributed by atoms with Crippen LogP contribution in [0.3, 0.4) is 0 Å². The molecule has 0 spiro atoms. The van der Waals surface area contributed by atoms with Gasteiger partial charge in [0.05, 0.1) is 18.4 Å². The fourth-order valence-corrected chi connectivity index (χ4v) is 2.55. The number of aryl methyl sites for hydroxylation is 1. The van der Waals surface area contributed by atoms with E-state index in [1.54, 1.807) is 26.2 Å². The number of methoxy groups -OCH3 is 1. The molecule has 1 N–H and O–H groups in total. The summed E-state index contributed by atoms with van der Waals surface area (Å²) in [5.74, 6) is 0.577. The molecule has 0 fully saturated rings. The first-order chi connectivity index (χ1) is 12.6. The minimum atomic E-state index is -0.321. The lowest BCUT2D eigenvalue weighted by Gasteiger charge is -2.11. The molecule has 2 aromatic carbocycles. The molecule has 26 heavy (non-hydrogen) atoms. The van der Waals surface area contributed by atoms with E-state index in [0.717, 1.165) is 5.56 Å². The third kappa shape index (κ3) is 3.85. The van der Waals surface area contributed by atoms with Crippen LogP contribution in [0.2, 0.25) is 0 Å².